The van der Waals surface area contributed by atoms with Crippen LogP contribution in [0.1, 0.15) is 28.5 Å². The monoisotopic (exact) mass is 360 g/mol. The zero-order valence-electron chi connectivity index (χ0n) is 13.9. The zero-order valence-corrected chi connectivity index (χ0v) is 13.9. The zero-order chi connectivity index (χ0) is 18.5. The van der Waals surface area contributed by atoms with E-state index in [0.29, 0.717) is 11.3 Å². The molecule has 0 fully saturated rings. The number of halogens is 3. The van der Waals surface area contributed by atoms with Gasteiger partial charge in [-0.1, -0.05) is 6.07 Å². The fraction of sp³-hybridized carbons (Fsp3) is 0.278. The van der Waals surface area contributed by atoms with Crippen molar-refractivity contribution in [2.24, 2.45) is 0 Å². The molecule has 8 heteroatoms. The van der Waals surface area contributed by atoms with Crippen molar-refractivity contribution in [2.45, 2.75) is 25.6 Å². The largest absolute Gasteiger partial charge is 0.410 e. The third-order valence-corrected chi connectivity index (χ3v) is 4.51. The van der Waals surface area contributed by atoms with E-state index in [2.05, 4.69) is 10.1 Å². The second-order valence-electron chi connectivity index (χ2n) is 6.30. The number of hydrogen-bond acceptors (Lipinski definition) is 3. The van der Waals surface area contributed by atoms with Crippen molar-refractivity contribution in [1.29, 1.82) is 0 Å². The van der Waals surface area contributed by atoms with Crippen LogP contribution in [0, 0.1) is 6.92 Å². The van der Waals surface area contributed by atoms with Crippen molar-refractivity contribution in [2.75, 3.05) is 11.4 Å². The molecule has 1 aromatic carbocycles. The van der Waals surface area contributed by atoms with E-state index in [1.165, 1.54) is 11.0 Å². The molecular weight excluding hydrogens is 345 g/mol. The summed E-state index contributed by atoms with van der Waals surface area (Å²) in [5.74, 6) is -0.176. The highest BCUT2D eigenvalue weighted by atomic mass is 19.4. The molecule has 1 amide bonds. The van der Waals surface area contributed by atoms with Gasteiger partial charge in [-0.15, -0.1) is 0 Å². The average molecular weight is 360 g/mol. The van der Waals surface area contributed by atoms with Crippen molar-refractivity contribution in [1.82, 2.24) is 14.8 Å². The summed E-state index contributed by atoms with van der Waals surface area (Å²) in [7, 11) is 0. The quantitative estimate of drug-likeness (QED) is 0.661. The molecule has 134 valence electrons. The van der Waals surface area contributed by atoms with Crippen LogP contribution in [0.3, 0.4) is 0 Å². The Kier molecular flexibility index (Phi) is 3.71. The Bertz CT molecular complexity index is 996. The van der Waals surface area contributed by atoms with E-state index < -0.39 is 12.2 Å². The second-order valence-corrected chi connectivity index (χ2v) is 6.30. The van der Waals surface area contributed by atoms with E-state index in [1.54, 1.807) is 37.4 Å². The fourth-order valence-electron chi connectivity index (χ4n) is 3.29. The number of carbonyl (C=O) groups is 1. The molecule has 5 nitrogen and oxygen atoms in total. The number of aromatic nitrogens is 3. The number of rotatable bonds is 1. The molecule has 1 atom stereocenters. The predicted molar refractivity (Wildman–Crippen MR) is 90.1 cm³/mol. The van der Waals surface area contributed by atoms with Gasteiger partial charge in [-0.05, 0) is 37.6 Å². The highest BCUT2D eigenvalue weighted by Crippen LogP contribution is 2.39. The third kappa shape index (κ3) is 2.71. The van der Waals surface area contributed by atoms with E-state index in [-0.39, 0.29) is 24.7 Å². The van der Waals surface area contributed by atoms with Crippen molar-refractivity contribution in [3.63, 3.8) is 0 Å². The molecule has 0 aliphatic carbocycles. The molecule has 1 unspecified atom stereocenters. The first-order chi connectivity index (χ1) is 12.3. The Hall–Kier alpha value is -2.90. The van der Waals surface area contributed by atoms with Crippen LogP contribution in [0.4, 0.5) is 19.0 Å². The van der Waals surface area contributed by atoms with Crippen LogP contribution in [0.15, 0.2) is 42.6 Å². The first-order valence-electron chi connectivity index (χ1n) is 8.14. The normalized spacial score (nSPS) is 17.4. The number of nitrogens with zero attached hydrogens (tertiary/aromatic N) is 4. The predicted octanol–water partition coefficient (Wildman–Crippen LogP) is 3.89. The Morgan fingerprint density at radius 2 is 2.04 bits per heavy atom. The van der Waals surface area contributed by atoms with Gasteiger partial charge in [0.25, 0.3) is 5.91 Å². The molecule has 0 saturated carbocycles. The summed E-state index contributed by atoms with van der Waals surface area (Å²) in [5.41, 5.74) is 1.60. The maximum absolute atomic E-state index is 13.3. The molecule has 0 radical (unpaired) electrons. The molecule has 1 aliphatic rings. The van der Waals surface area contributed by atoms with Crippen LogP contribution in [0.5, 0.6) is 0 Å². The first-order valence-corrected chi connectivity index (χ1v) is 8.14. The van der Waals surface area contributed by atoms with Crippen LogP contribution in [0.25, 0.3) is 10.9 Å². The summed E-state index contributed by atoms with van der Waals surface area (Å²) < 4.78 is 40.8. The lowest BCUT2D eigenvalue weighted by Gasteiger charge is -2.33. The summed E-state index contributed by atoms with van der Waals surface area (Å²) >= 11 is 0. The lowest BCUT2D eigenvalue weighted by atomic mass is 10.1. The maximum Gasteiger partial charge on any atom is 0.410 e. The van der Waals surface area contributed by atoms with Crippen LogP contribution in [-0.2, 0) is 0 Å². The van der Waals surface area contributed by atoms with Gasteiger partial charge in [0.15, 0.2) is 6.04 Å². The van der Waals surface area contributed by atoms with Crippen LogP contribution >= 0.6 is 0 Å². The molecule has 26 heavy (non-hydrogen) atoms. The van der Waals surface area contributed by atoms with E-state index in [0.717, 1.165) is 15.6 Å². The van der Waals surface area contributed by atoms with Gasteiger partial charge in [0.1, 0.15) is 5.82 Å². The van der Waals surface area contributed by atoms with Crippen LogP contribution < -0.4 is 4.90 Å². The Morgan fingerprint density at radius 1 is 1.23 bits per heavy atom. The smallest absolute Gasteiger partial charge is 0.293 e. The number of hydrogen-bond donors (Lipinski definition) is 0. The van der Waals surface area contributed by atoms with Gasteiger partial charge in [0, 0.05) is 29.8 Å². The number of anilines is 1. The first kappa shape index (κ1) is 16.6. The Morgan fingerprint density at radius 3 is 2.81 bits per heavy atom. The highest BCUT2D eigenvalue weighted by molar-refractivity contribution is 6.07. The van der Waals surface area contributed by atoms with E-state index in [4.69, 9.17) is 0 Å². The minimum Gasteiger partial charge on any atom is -0.293 e. The molecule has 3 aromatic rings. The number of amides is 1. The summed E-state index contributed by atoms with van der Waals surface area (Å²) in [5, 5.41) is 4.77. The number of carbonyl (C=O) groups excluding carboxylic acids is 1. The van der Waals surface area contributed by atoms with Crippen molar-refractivity contribution in [3.05, 3.63) is 53.9 Å². The second kappa shape index (κ2) is 5.82. The van der Waals surface area contributed by atoms with E-state index in [1.807, 2.05) is 6.07 Å². The SMILES string of the molecule is Cc1cc2n(n1)C(C(F)(F)F)CCN2C(=O)c1ccc2ncccc2c1. The van der Waals surface area contributed by atoms with Gasteiger partial charge in [-0.3, -0.25) is 14.7 Å². The molecule has 0 N–H and O–H groups in total. The van der Waals surface area contributed by atoms with Gasteiger partial charge in [0.2, 0.25) is 0 Å². The lowest BCUT2D eigenvalue weighted by molar-refractivity contribution is -0.172. The Labute approximate surface area is 147 Å². The van der Waals surface area contributed by atoms with Crippen LogP contribution in [0.2, 0.25) is 0 Å². The molecule has 4 rings (SSSR count). The summed E-state index contributed by atoms with van der Waals surface area (Å²) in [6, 6.07) is 8.48. The standard InChI is InChI=1S/C18H15F3N4O/c1-11-9-16-24(8-6-15(18(19,20)21)25(16)23-11)17(26)13-4-5-14-12(10-13)3-2-7-22-14/h2-5,7,9-10,15H,6,8H2,1H3. The third-order valence-electron chi connectivity index (χ3n) is 4.51. The molecule has 2 aromatic heterocycles. The topological polar surface area (TPSA) is 51.0 Å². The number of pyridine rings is 1. The van der Waals surface area contributed by atoms with Crippen molar-refractivity contribution >= 4 is 22.6 Å². The number of fused-ring (bicyclic) bond motifs is 2. The average Bonchev–Trinajstić information content (AvgIpc) is 3.00. The van der Waals surface area contributed by atoms with E-state index >= 15 is 0 Å². The number of alkyl halides is 3. The molecule has 1 aliphatic heterocycles. The highest BCUT2D eigenvalue weighted by Gasteiger charge is 2.46. The minimum absolute atomic E-state index is 0.0147. The van der Waals surface area contributed by atoms with Crippen LogP contribution in [-0.4, -0.2) is 33.4 Å². The molecular formula is C18H15F3N4O. The number of aryl methyl sites for hydroxylation is 1. The fourth-order valence-corrected chi connectivity index (χ4v) is 3.29. The Balaban J connectivity index is 1.73. The maximum atomic E-state index is 13.3. The summed E-state index contributed by atoms with van der Waals surface area (Å²) in [4.78, 5) is 18.5. The minimum atomic E-state index is -4.41. The lowest BCUT2D eigenvalue weighted by Crippen LogP contribution is -2.43. The molecule has 0 saturated heterocycles. The van der Waals surface area contributed by atoms with Gasteiger partial charge in [-0.2, -0.15) is 18.3 Å². The van der Waals surface area contributed by atoms with Crippen molar-refractivity contribution < 1.29 is 18.0 Å². The molecule has 0 bridgehead atoms. The summed E-state index contributed by atoms with van der Waals surface area (Å²) in [6.45, 7) is 1.60. The number of benzene rings is 1. The van der Waals surface area contributed by atoms with E-state index in [9.17, 15) is 18.0 Å². The van der Waals surface area contributed by atoms with Gasteiger partial charge in [-0.25, -0.2) is 4.68 Å². The van der Waals surface area contributed by atoms with Gasteiger partial charge >= 0.3 is 6.18 Å². The van der Waals surface area contributed by atoms with Gasteiger partial charge < -0.3 is 0 Å². The molecule has 0 spiro atoms. The van der Waals surface area contributed by atoms with Gasteiger partial charge in [0.05, 0.1) is 11.2 Å². The van der Waals surface area contributed by atoms with Crippen molar-refractivity contribution in [3.8, 4) is 0 Å². The summed E-state index contributed by atoms with van der Waals surface area (Å²) in [6.07, 6.45) is -2.97. The molecule has 3 heterocycles.